The van der Waals surface area contributed by atoms with Crippen LogP contribution < -0.4 is 0 Å². The molecule has 0 aliphatic carbocycles. The number of carbonyl (C=O) groups excluding carboxylic acids is 1. The van der Waals surface area contributed by atoms with Crippen LogP contribution in [0.15, 0.2) is 18.3 Å². The largest absolute Gasteiger partial charge is 0.294 e. The van der Waals surface area contributed by atoms with Crippen molar-refractivity contribution in [1.29, 1.82) is 0 Å². The maximum Gasteiger partial charge on any atom is 0.162 e. The second-order valence-electron chi connectivity index (χ2n) is 5.33. The van der Waals surface area contributed by atoms with Crippen LogP contribution in [0.5, 0.6) is 0 Å². The maximum atomic E-state index is 11.9. The Morgan fingerprint density at radius 3 is 2.32 bits per heavy atom. The van der Waals surface area contributed by atoms with Crippen LogP contribution in [0.4, 0.5) is 0 Å². The molecule has 0 atom stereocenters. The third-order valence-corrected chi connectivity index (χ3v) is 3.48. The van der Waals surface area contributed by atoms with E-state index in [2.05, 4.69) is 11.9 Å². The monoisotopic (exact) mass is 261 g/mol. The summed E-state index contributed by atoms with van der Waals surface area (Å²) in [5.74, 6) is 0.261. The normalized spacial score (nSPS) is 10.6. The molecule has 0 saturated heterocycles. The molecule has 0 bridgehead atoms. The van der Waals surface area contributed by atoms with E-state index in [0.717, 1.165) is 17.7 Å². The molecule has 0 aliphatic heterocycles. The van der Waals surface area contributed by atoms with E-state index >= 15 is 0 Å². The molecule has 0 aliphatic rings. The van der Waals surface area contributed by atoms with E-state index in [1.807, 2.05) is 19.1 Å². The summed E-state index contributed by atoms with van der Waals surface area (Å²) >= 11 is 0. The van der Waals surface area contributed by atoms with Crippen LogP contribution in [0, 0.1) is 6.92 Å². The zero-order chi connectivity index (χ0) is 13.9. The summed E-state index contributed by atoms with van der Waals surface area (Å²) in [5.41, 5.74) is 1.73. The molecule has 0 radical (unpaired) electrons. The molecule has 0 spiro atoms. The van der Waals surface area contributed by atoms with E-state index in [4.69, 9.17) is 0 Å². The molecule has 2 nitrogen and oxygen atoms in total. The van der Waals surface area contributed by atoms with Gasteiger partial charge in [0.15, 0.2) is 5.78 Å². The summed E-state index contributed by atoms with van der Waals surface area (Å²) in [7, 11) is 0. The molecule has 2 heteroatoms. The summed E-state index contributed by atoms with van der Waals surface area (Å²) < 4.78 is 0. The smallest absolute Gasteiger partial charge is 0.162 e. The lowest BCUT2D eigenvalue weighted by molar-refractivity contribution is 0.0979. The molecule has 1 rings (SSSR count). The van der Waals surface area contributed by atoms with Crippen LogP contribution in [-0.4, -0.2) is 10.8 Å². The Morgan fingerprint density at radius 2 is 1.68 bits per heavy atom. The number of pyridine rings is 1. The Hall–Kier alpha value is -1.18. The third kappa shape index (κ3) is 7.09. The van der Waals surface area contributed by atoms with Gasteiger partial charge in [-0.15, -0.1) is 0 Å². The molecule has 0 saturated carbocycles. The molecular weight excluding hydrogens is 234 g/mol. The van der Waals surface area contributed by atoms with E-state index in [-0.39, 0.29) is 5.78 Å². The SMILES string of the molecule is CCCCCCCCCCC(=O)c1ccnc(C)c1. The average molecular weight is 261 g/mol. The van der Waals surface area contributed by atoms with Gasteiger partial charge < -0.3 is 0 Å². The van der Waals surface area contributed by atoms with E-state index < -0.39 is 0 Å². The number of ketones is 1. The van der Waals surface area contributed by atoms with Gasteiger partial charge in [0.05, 0.1) is 0 Å². The first-order chi connectivity index (χ1) is 9.24. The molecule has 0 fully saturated rings. The standard InChI is InChI=1S/C17H27NO/c1-3-4-5-6-7-8-9-10-11-17(19)16-12-13-18-15(2)14-16/h12-14H,3-11H2,1-2H3. The van der Waals surface area contributed by atoms with Crippen LogP contribution in [0.2, 0.25) is 0 Å². The van der Waals surface area contributed by atoms with E-state index in [9.17, 15) is 4.79 Å². The predicted molar refractivity (Wildman–Crippen MR) is 80.5 cm³/mol. The topological polar surface area (TPSA) is 30.0 Å². The van der Waals surface area contributed by atoms with Crippen molar-refractivity contribution in [2.24, 2.45) is 0 Å². The molecule has 1 aromatic heterocycles. The molecule has 19 heavy (non-hydrogen) atoms. The van der Waals surface area contributed by atoms with Gasteiger partial charge in [-0.25, -0.2) is 0 Å². The minimum atomic E-state index is 0.261. The lowest BCUT2D eigenvalue weighted by Crippen LogP contribution is -2.00. The fourth-order valence-corrected chi connectivity index (χ4v) is 2.28. The van der Waals surface area contributed by atoms with Crippen molar-refractivity contribution in [3.05, 3.63) is 29.6 Å². The second-order valence-corrected chi connectivity index (χ2v) is 5.33. The van der Waals surface area contributed by atoms with Gasteiger partial charge in [-0.2, -0.15) is 0 Å². The number of rotatable bonds is 10. The first-order valence-corrected chi connectivity index (χ1v) is 7.70. The fraction of sp³-hybridized carbons (Fsp3) is 0.647. The number of hydrogen-bond acceptors (Lipinski definition) is 2. The van der Waals surface area contributed by atoms with Gasteiger partial charge >= 0.3 is 0 Å². The van der Waals surface area contributed by atoms with Crippen molar-refractivity contribution in [3.63, 3.8) is 0 Å². The molecule has 106 valence electrons. The average Bonchev–Trinajstić information content (AvgIpc) is 2.41. The summed E-state index contributed by atoms with van der Waals surface area (Å²) in [4.78, 5) is 16.1. The van der Waals surface area contributed by atoms with Crippen LogP contribution in [-0.2, 0) is 0 Å². The molecule has 0 amide bonds. The van der Waals surface area contributed by atoms with Crippen LogP contribution in [0.3, 0.4) is 0 Å². The molecular formula is C17H27NO. The maximum absolute atomic E-state index is 11.9. The zero-order valence-corrected chi connectivity index (χ0v) is 12.5. The predicted octanol–water partition coefficient (Wildman–Crippen LogP) is 5.10. The van der Waals surface area contributed by atoms with Crippen LogP contribution >= 0.6 is 0 Å². The van der Waals surface area contributed by atoms with Crippen LogP contribution in [0.1, 0.15) is 80.8 Å². The van der Waals surface area contributed by atoms with Crippen molar-refractivity contribution < 1.29 is 4.79 Å². The lowest BCUT2D eigenvalue weighted by atomic mass is 10.0. The minimum absolute atomic E-state index is 0.261. The molecule has 1 heterocycles. The van der Waals surface area contributed by atoms with Crippen molar-refractivity contribution in [2.75, 3.05) is 0 Å². The first-order valence-electron chi connectivity index (χ1n) is 7.70. The highest BCUT2D eigenvalue weighted by Gasteiger charge is 2.05. The highest BCUT2D eigenvalue weighted by molar-refractivity contribution is 5.95. The van der Waals surface area contributed by atoms with Gasteiger partial charge in [0.2, 0.25) is 0 Å². The number of unbranched alkanes of at least 4 members (excludes halogenated alkanes) is 7. The van der Waals surface area contributed by atoms with Gasteiger partial charge in [-0.1, -0.05) is 51.9 Å². The van der Waals surface area contributed by atoms with Crippen molar-refractivity contribution in [1.82, 2.24) is 4.98 Å². The Labute approximate surface area is 117 Å². The molecule has 0 unspecified atom stereocenters. The quantitative estimate of drug-likeness (QED) is 0.433. The fourth-order valence-electron chi connectivity index (χ4n) is 2.28. The molecule has 0 N–H and O–H groups in total. The zero-order valence-electron chi connectivity index (χ0n) is 12.5. The summed E-state index contributed by atoms with van der Waals surface area (Å²) in [5, 5.41) is 0. The lowest BCUT2D eigenvalue weighted by Gasteiger charge is -2.03. The first kappa shape index (κ1) is 15.9. The van der Waals surface area contributed by atoms with Gasteiger partial charge in [0, 0.05) is 23.9 Å². The Morgan fingerprint density at radius 1 is 1.05 bits per heavy atom. The Bertz CT molecular complexity index is 373. The summed E-state index contributed by atoms with van der Waals surface area (Å²) in [6.45, 7) is 4.17. The van der Waals surface area contributed by atoms with Crippen LogP contribution in [0.25, 0.3) is 0 Å². The Kier molecular flexibility index (Phi) is 8.11. The number of Topliss-reactive ketones (excluding diaryl/α,β-unsaturated/α-hetero) is 1. The summed E-state index contributed by atoms with van der Waals surface area (Å²) in [6, 6.07) is 3.70. The third-order valence-electron chi connectivity index (χ3n) is 3.48. The van der Waals surface area contributed by atoms with Crippen molar-refractivity contribution >= 4 is 5.78 Å². The Balaban J connectivity index is 2.08. The summed E-state index contributed by atoms with van der Waals surface area (Å²) in [6.07, 6.45) is 12.6. The van der Waals surface area contributed by atoms with Gasteiger partial charge in [0.25, 0.3) is 0 Å². The van der Waals surface area contributed by atoms with E-state index in [0.29, 0.717) is 6.42 Å². The highest BCUT2D eigenvalue weighted by Crippen LogP contribution is 2.12. The number of carbonyl (C=O) groups is 1. The van der Waals surface area contributed by atoms with Crippen molar-refractivity contribution in [2.45, 2.75) is 71.6 Å². The second kappa shape index (κ2) is 9.71. The minimum Gasteiger partial charge on any atom is -0.294 e. The van der Waals surface area contributed by atoms with E-state index in [1.54, 1.807) is 6.20 Å². The van der Waals surface area contributed by atoms with Gasteiger partial charge in [-0.3, -0.25) is 9.78 Å². The molecule has 0 aromatic carbocycles. The number of nitrogens with zero attached hydrogens (tertiary/aromatic N) is 1. The van der Waals surface area contributed by atoms with Gasteiger partial charge in [0.1, 0.15) is 0 Å². The highest BCUT2D eigenvalue weighted by atomic mass is 16.1. The van der Waals surface area contributed by atoms with Gasteiger partial charge in [-0.05, 0) is 25.5 Å². The number of hydrogen-bond donors (Lipinski definition) is 0. The van der Waals surface area contributed by atoms with E-state index in [1.165, 1.54) is 44.9 Å². The molecule has 1 aromatic rings. The number of aryl methyl sites for hydroxylation is 1. The number of aromatic nitrogens is 1. The van der Waals surface area contributed by atoms with Crippen molar-refractivity contribution in [3.8, 4) is 0 Å².